The van der Waals surface area contributed by atoms with Gasteiger partial charge in [0, 0.05) is 5.56 Å². The number of anilines is 2. The van der Waals surface area contributed by atoms with Crippen LogP contribution >= 0.6 is 11.6 Å². The van der Waals surface area contributed by atoms with Crippen LogP contribution < -0.4 is 15.6 Å². The summed E-state index contributed by atoms with van der Waals surface area (Å²) in [6, 6.07) is 11.7. The molecule has 2 aromatic carbocycles. The summed E-state index contributed by atoms with van der Waals surface area (Å²) in [5, 5.41) is 13.7. The number of fused-ring (bicyclic) bond motifs is 3. The van der Waals surface area contributed by atoms with Gasteiger partial charge in [-0.05, 0) is 36.4 Å². The molecule has 3 N–H and O–H groups in total. The molecule has 0 saturated carbocycles. The molecule has 5 nitrogen and oxygen atoms in total. The van der Waals surface area contributed by atoms with Gasteiger partial charge in [0.15, 0.2) is 0 Å². The maximum absolute atomic E-state index is 12.7. The molecule has 25 heavy (non-hydrogen) atoms. The van der Waals surface area contributed by atoms with E-state index in [4.69, 9.17) is 11.6 Å². The zero-order valence-corrected chi connectivity index (χ0v) is 13.3. The van der Waals surface area contributed by atoms with Crippen molar-refractivity contribution in [2.24, 2.45) is 4.99 Å². The van der Waals surface area contributed by atoms with Crippen LogP contribution in [0, 0.1) is 0 Å². The van der Waals surface area contributed by atoms with E-state index in [1.807, 2.05) is 18.2 Å². The second-order valence-corrected chi connectivity index (χ2v) is 5.83. The van der Waals surface area contributed by atoms with Crippen LogP contribution in [-0.2, 0) is 6.18 Å². The molecule has 0 saturated heterocycles. The minimum atomic E-state index is -4.41. The van der Waals surface area contributed by atoms with Gasteiger partial charge in [0.05, 0.1) is 5.56 Å². The van der Waals surface area contributed by atoms with Gasteiger partial charge in [0.2, 0.25) is 0 Å². The molecule has 2 aliphatic rings. The summed E-state index contributed by atoms with van der Waals surface area (Å²) in [6.45, 7) is 0. The zero-order chi connectivity index (χ0) is 17.8. The van der Waals surface area contributed by atoms with Crippen molar-refractivity contribution in [1.29, 1.82) is 0 Å². The third-order valence-electron chi connectivity index (χ3n) is 3.95. The minimum Gasteiger partial charge on any atom is -0.488 e. The fraction of sp³-hybridized carbons (Fsp3) is 0.0625. The summed E-state index contributed by atoms with van der Waals surface area (Å²) in [7, 11) is 0. The van der Waals surface area contributed by atoms with E-state index in [2.05, 4.69) is 4.99 Å². The molecular formula is C16H11ClF3N4O+. The lowest BCUT2D eigenvalue weighted by Gasteiger charge is -2.22. The highest BCUT2D eigenvalue weighted by molar-refractivity contribution is 6.70. The van der Waals surface area contributed by atoms with Crippen molar-refractivity contribution in [3.8, 4) is 0 Å². The summed E-state index contributed by atoms with van der Waals surface area (Å²) in [4.78, 5) is 4.18. The number of aliphatic hydroxyl groups excluding tert-OH is 1. The van der Waals surface area contributed by atoms with E-state index < -0.39 is 11.7 Å². The van der Waals surface area contributed by atoms with Crippen LogP contribution in [-0.4, -0.2) is 10.3 Å². The Balaban J connectivity index is 1.72. The van der Waals surface area contributed by atoms with Crippen molar-refractivity contribution in [2.75, 3.05) is 10.0 Å². The van der Waals surface area contributed by atoms with E-state index in [1.54, 1.807) is 16.6 Å². The van der Waals surface area contributed by atoms with E-state index in [0.29, 0.717) is 11.3 Å². The fourth-order valence-corrected chi connectivity index (χ4v) is 2.97. The van der Waals surface area contributed by atoms with Gasteiger partial charge >= 0.3 is 6.18 Å². The molecule has 0 aliphatic carbocycles. The molecule has 0 atom stereocenters. The predicted octanol–water partition coefficient (Wildman–Crippen LogP) is 3.11. The van der Waals surface area contributed by atoms with Crippen LogP contribution in [0.5, 0.6) is 0 Å². The summed E-state index contributed by atoms with van der Waals surface area (Å²) in [5.74, 6) is -0.00369. The van der Waals surface area contributed by atoms with Crippen LogP contribution in [0.2, 0.25) is 0 Å². The van der Waals surface area contributed by atoms with Crippen molar-refractivity contribution in [1.82, 2.24) is 0 Å². The van der Waals surface area contributed by atoms with Gasteiger partial charge in [0.25, 0.3) is 11.7 Å². The minimum absolute atomic E-state index is 0.212. The lowest BCUT2D eigenvalue weighted by molar-refractivity contribution is -0.661. The first-order chi connectivity index (χ1) is 11.9. The number of nitrogens with zero attached hydrogens (tertiary/aromatic N) is 3. The summed E-state index contributed by atoms with van der Waals surface area (Å²) < 4.78 is 38.1. The fourth-order valence-electron chi connectivity index (χ4n) is 2.73. The van der Waals surface area contributed by atoms with Crippen LogP contribution in [0.25, 0.3) is 0 Å². The van der Waals surface area contributed by atoms with Gasteiger partial charge in [0.1, 0.15) is 16.5 Å². The number of halogens is 4. The molecule has 0 unspecified atom stereocenters. The standard InChI is InChI=1S/C16H10ClF3N4O/c17-13-11-3-1-2-4-12(11)24-14(21-13)15(25)23(22-24)10-7-5-9(6-8-10)16(18,19)20/h1-8,22,25H/p+1. The maximum Gasteiger partial charge on any atom is 0.416 e. The largest absolute Gasteiger partial charge is 0.488 e. The molecule has 4 rings (SSSR count). The molecule has 0 spiro atoms. The molecule has 2 heterocycles. The van der Waals surface area contributed by atoms with Gasteiger partial charge < -0.3 is 5.11 Å². The van der Waals surface area contributed by atoms with Gasteiger partial charge in [-0.3, -0.25) is 0 Å². The quantitative estimate of drug-likeness (QED) is 0.761. The van der Waals surface area contributed by atoms with Crippen molar-refractivity contribution in [3.05, 3.63) is 71.4 Å². The number of quaternary nitrogens is 1. The van der Waals surface area contributed by atoms with Crippen molar-refractivity contribution < 1.29 is 23.8 Å². The van der Waals surface area contributed by atoms with Crippen molar-refractivity contribution in [3.63, 3.8) is 0 Å². The zero-order valence-electron chi connectivity index (χ0n) is 12.5. The first kappa shape index (κ1) is 15.8. The van der Waals surface area contributed by atoms with Crippen LogP contribution in [0.1, 0.15) is 11.1 Å². The Hall–Kier alpha value is -2.71. The lowest BCUT2D eigenvalue weighted by Crippen LogP contribution is -2.99. The molecule has 9 heteroatoms. The maximum atomic E-state index is 12.7. The summed E-state index contributed by atoms with van der Waals surface area (Å²) in [6.07, 6.45) is -4.41. The van der Waals surface area contributed by atoms with E-state index in [9.17, 15) is 18.3 Å². The lowest BCUT2D eigenvalue weighted by atomic mass is 10.1. The topological polar surface area (TPSA) is 55.7 Å². The number of benzene rings is 2. The average Bonchev–Trinajstić information content (AvgIpc) is 2.92. The number of rotatable bonds is 1. The Morgan fingerprint density at radius 3 is 2.36 bits per heavy atom. The molecule has 2 aromatic rings. The van der Waals surface area contributed by atoms with Gasteiger partial charge in [-0.2, -0.15) is 13.2 Å². The Kier molecular flexibility index (Phi) is 3.41. The Labute approximate surface area is 145 Å². The molecule has 2 aliphatic heterocycles. The molecule has 0 bridgehead atoms. The first-order valence-corrected chi connectivity index (χ1v) is 7.61. The monoisotopic (exact) mass is 367 g/mol. The number of nitrogens with two attached hydrogens (primary N) is 1. The molecule has 128 valence electrons. The summed E-state index contributed by atoms with van der Waals surface area (Å²) >= 11 is 6.16. The first-order valence-electron chi connectivity index (χ1n) is 7.24. The Morgan fingerprint density at radius 2 is 1.68 bits per heavy atom. The van der Waals surface area contributed by atoms with E-state index in [0.717, 1.165) is 17.8 Å². The van der Waals surface area contributed by atoms with Gasteiger partial charge in [-0.25, -0.2) is 4.99 Å². The molecule has 0 aromatic heterocycles. The van der Waals surface area contributed by atoms with Gasteiger partial charge in [-0.15, -0.1) is 15.6 Å². The highest BCUT2D eigenvalue weighted by Gasteiger charge is 2.40. The highest BCUT2D eigenvalue weighted by atomic mass is 35.5. The number of para-hydroxylation sites is 1. The number of aliphatic hydroxyl groups is 1. The van der Waals surface area contributed by atoms with E-state index >= 15 is 0 Å². The number of aliphatic imine (C=N–C) groups is 1. The Morgan fingerprint density at radius 1 is 1.00 bits per heavy atom. The SMILES string of the molecule is OC1=C2N=C(Cl)c3ccccc3N2[NH2+]N1c1ccc(C(F)(F)F)cc1. The van der Waals surface area contributed by atoms with Gasteiger partial charge in [-0.1, -0.05) is 23.7 Å². The van der Waals surface area contributed by atoms with E-state index in [-0.39, 0.29) is 16.9 Å². The predicted molar refractivity (Wildman–Crippen MR) is 86.8 cm³/mol. The Bertz CT molecular complexity index is 908. The smallest absolute Gasteiger partial charge is 0.416 e. The van der Waals surface area contributed by atoms with Crippen molar-refractivity contribution in [2.45, 2.75) is 6.18 Å². The van der Waals surface area contributed by atoms with Crippen molar-refractivity contribution >= 4 is 28.1 Å². The van der Waals surface area contributed by atoms with E-state index in [1.165, 1.54) is 17.1 Å². The second-order valence-electron chi connectivity index (χ2n) is 5.47. The molecule has 0 amide bonds. The van der Waals surface area contributed by atoms with Crippen LogP contribution in [0.15, 0.2) is 65.2 Å². The number of hydrogen-bond donors (Lipinski definition) is 2. The number of alkyl halides is 3. The summed E-state index contributed by atoms with van der Waals surface area (Å²) in [5.41, 5.74) is 2.59. The molecule has 0 radical (unpaired) electrons. The average molecular weight is 368 g/mol. The van der Waals surface area contributed by atoms with Crippen LogP contribution in [0.4, 0.5) is 24.5 Å². The number of hydrogen-bond acceptors (Lipinski definition) is 4. The molecular weight excluding hydrogens is 357 g/mol. The van der Waals surface area contributed by atoms with Crippen LogP contribution in [0.3, 0.4) is 0 Å². The molecule has 0 fully saturated rings. The highest BCUT2D eigenvalue weighted by Crippen LogP contribution is 2.34. The second kappa shape index (κ2) is 5.40. The third kappa shape index (κ3) is 2.50. The third-order valence-corrected chi connectivity index (χ3v) is 4.24. The normalized spacial score (nSPS) is 16.7.